The van der Waals surface area contributed by atoms with Crippen LogP contribution in [0.25, 0.3) is 0 Å². The summed E-state index contributed by atoms with van der Waals surface area (Å²) in [6, 6.07) is 0.331. The van der Waals surface area contributed by atoms with Crippen molar-refractivity contribution in [2.75, 3.05) is 30.7 Å². The van der Waals surface area contributed by atoms with Gasteiger partial charge in [-0.05, 0) is 6.42 Å². The van der Waals surface area contributed by atoms with E-state index in [0.717, 1.165) is 30.6 Å². The lowest BCUT2D eigenvalue weighted by Crippen LogP contribution is -2.34. The van der Waals surface area contributed by atoms with Gasteiger partial charge >= 0.3 is 0 Å². The number of likely N-dealkylation sites (tertiary alicyclic amines) is 1. The van der Waals surface area contributed by atoms with Gasteiger partial charge in [0.15, 0.2) is 0 Å². The van der Waals surface area contributed by atoms with Crippen LogP contribution in [-0.4, -0.2) is 52.9 Å². The summed E-state index contributed by atoms with van der Waals surface area (Å²) in [7, 11) is 0. The number of rotatable bonds is 2. The zero-order valence-electron chi connectivity index (χ0n) is 9.70. The van der Waals surface area contributed by atoms with E-state index in [1.54, 1.807) is 0 Å². The van der Waals surface area contributed by atoms with Gasteiger partial charge in [-0.1, -0.05) is 11.3 Å². The second-order valence-corrected chi connectivity index (χ2v) is 5.12. The Morgan fingerprint density at radius 2 is 2.44 bits per heavy atom. The van der Waals surface area contributed by atoms with E-state index in [2.05, 4.69) is 35.9 Å². The molecular weight excluding hydrogens is 252 g/mol. The highest BCUT2D eigenvalue weighted by Crippen LogP contribution is 2.21. The topological polar surface area (TPSA) is 104 Å². The molecule has 3 heterocycles. The minimum atomic E-state index is 0.331. The zero-order chi connectivity index (χ0) is 12.4. The van der Waals surface area contributed by atoms with E-state index in [1.165, 1.54) is 11.3 Å². The van der Waals surface area contributed by atoms with E-state index in [-0.39, 0.29) is 0 Å². The van der Waals surface area contributed by atoms with E-state index in [4.69, 9.17) is 5.73 Å². The second kappa shape index (κ2) is 4.77. The number of nitrogens with one attached hydrogen (secondary N) is 2. The average Bonchev–Trinajstić information content (AvgIpc) is 3.01. The maximum atomic E-state index is 5.55. The fraction of sp³-hybridized carbons (Fsp3) is 0.556. The number of nitrogen functional groups attached to an aromatic ring is 1. The Morgan fingerprint density at radius 1 is 1.50 bits per heavy atom. The Bertz CT molecular complexity index is 481. The van der Waals surface area contributed by atoms with Crippen LogP contribution in [0.15, 0.2) is 10.1 Å². The molecule has 18 heavy (non-hydrogen) atoms. The Labute approximate surface area is 108 Å². The van der Waals surface area contributed by atoms with Crippen LogP contribution in [-0.2, 0) is 0 Å². The molecule has 8 nitrogen and oxygen atoms in total. The van der Waals surface area contributed by atoms with Crippen molar-refractivity contribution in [1.29, 1.82) is 0 Å². The molecule has 1 aromatic heterocycles. The predicted molar refractivity (Wildman–Crippen MR) is 71.9 cm³/mol. The summed E-state index contributed by atoms with van der Waals surface area (Å²) in [6.07, 6.45) is 2.85. The molecule has 0 saturated carbocycles. The Kier molecular flexibility index (Phi) is 2.97. The SMILES string of the molecule is Nc1nnc(NC2CCN(C3=NNCC=N3)C2)s1. The molecule has 1 aromatic rings. The Hall–Kier alpha value is -1.90. The van der Waals surface area contributed by atoms with Gasteiger partial charge in [0.2, 0.25) is 16.2 Å². The van der Waals surface area contributed by atoms with E-state index in [1.807, 2.05) is 6.21 Å². The molecule has 0 radical (unpaired) electrons. The summed E-state index contributed by atoms with van der Waals surface area (Å²) in [6.45, 7) is 2.49. The molecule has 2 aliphatic heterocycles. The minimum absolute atomic E-state index is 0.331. The first kappa shape index (κ1) is 11.2. The first-order valence-electron chi connectivity index (χ1n) is 5.75. The van der Waals surface area contributed by atoms with E-state index >= 15 is 0 Å². The maximum absolute atomic E-state index is 5.55. The molecule has 0 aromatic carbocycles. The predicted octanol–water partition coefficient (Wildman–Crippen LogP) is -0.449. The number of nitrogens with two attached hydrogens (primary N) is 1. The summed E-state index contributed by atoms with van der Waals surface area (Å²) in [4.78, 5) is 6.42. The molecule has 0 aliphatic carbocycles. The van der Waals surface area contributed by atoms with Gasteiger partial charge in [-0.15, -0.1) is 15.3 Å². The average molecular weight is 266 g/mol. The number of guanidine groups is 1. The Balaban J connectivity index is 1.58. The van der Waals surface area contributed by atoms with Crippen molar-refractivity contribution in [2.24, 2.45) is 10.1 Å². The molecule has 1 atom stereocenters. The van der Waals surface area contributed by atoms with Gasteiger partial charge < -0.3 is 21.4 Å². The molecule has 9 heteroatoms. The first-order chi connectivity index (χ1) is 8.81. The molecule has 1 unspecified atom stereocenters. The first-order valence-corrected chi connectivity index (χ1v) is 6.56. The van der Waals surface area contributed by atoms with Crippen LogP contribution in [0.5, 0.6) is 0 Å². The van der Waals surface area contributed by atoms with Crippen molar-refractivity contribution in [3.63, 3.8) is 0 Å². The number of nitrogens with zero attached hydrogens (tertiary/aromatic N) is 5. The molecule has 96 valence electrons. The molecule has 1 fully saturated rings. The van der Waals surface area contributed by atoms with Crippen molar-refractivity contribution < 1.29 is 0 Å². The lowest BCUT2D eigenvalue weighted by molar-refractivity contribution is 0.499. The van der Waals surface area contributed by atoms with Gasteiger partial charge in [0.1, 0.15) is 0 Å². The summed E-state index contributed by atoms with van der Waals surface area (Å²) in [5.41, 5.74) is 8.46. The number of hydrazone groups is 1. The molecule has 3 rings (SSSR count). The molecule has 0 amide bonds. The third-order valence-corrected chi connectivity index (χ3v) is 3.49. The molecule has 4 N–H and O–H groups in total. The van der Waals surface area contributed by atoms with E-state index in [9.17, 15) is 0 Å². The summed E-state index contributed by atoms with van der Waals surface area (Å²) in [5, 5.41) is 16.5. The standard InChI is InChI=1S/C9H14N8S/c10-7-14-16-9(18-7)13-6-1-4-17(5-6)8-11-2-3-12-15-8/h2,6,12H,1,3-5H2,(H2,10,14)(H,13,16). The summed E-state index contributed by atoms with van der Waals surface area (Å²) >= 11 is 1.37. The monoisotopic (exact) mass is 266 g/mol. The molecular formula is C9H14N8S. The van der Waals surface area contributed by atoms with Crippen molar-refractivity contribution >= 4 is 33.8 Å². The summed E-state index contributed by atoms with van der Waals surface area (Å²) in [5.74, 6) is 0.752. The van der Waals surface area contributed by atoms with E-state index < -0.39 is 0 Å². The molecule has 0 bridgehead atoms. The lowest BCUT2D eigenvalue weighted by atomic mass is 10.3. The fourth-order valence-corrected chi connectivity index (χ4v) is 2.58. The van der Waals surface area contributed by atoms with Gasteiger partial charge in [-0.25, -0.2) is 4.99 Å². The third kappa shape index (κ3) is 2.35. The van der Waals surface area contributed by atoms with E-state index in [0.29, 0.717) is 17.7 Å². The quantitative estimate of drug-likeness (QED) is 0.670. The van der Waals surface area contributed by atoms with Gasteiger partial charge in [-0.2, -0.15) is 0 Å². The number of aliphatic imine (C=N–C) groups is 1. The highest BCUT2D eigenvalue weighted by atomic mass is 32.1. The van der Waals surface area contributed by atoms with Crippen LogP contribution in [0.1, 0.15) is 6.42 Å². The molecule has 0 spiro atoms. The normalized spacial score (nSPS) is 22.8. The van der Waals surface area contributed by atoms with Crippen LogP contribution >= 0.6 is 11.3 Å². The van der Waals surface area contributed by atoms with Gasteiger partial charge in [-0.3, -0.25) is 0 Å². The smallest absolute Gasteiger partial charge is 0.242 e. The number of aromatic nitrogens is 2. The summed E-state index contributed by atoms with van der Waals surface area (Å²) < 4.78 is 0. The Morgan fingerprint density at radius 3 is 3.17 bits per heavy atom. The number of hydrogen-bond donors (Lipinski definition) is 3. The van der Waals surface area contributed by atoms with Crippen LogP contribution in [0.2, 0.25) is 0 Å². The number of hydrogen-bond acceptors (Lipinski definition) is 9. The van der Waals surface area contributed by atoms with Crippen molar-refractivity contribution in [3.8, 4) is 0 Å². The molecule has 2 aliphatic rings. The van der Waals surface area contributed by atoms with Crippen molar-refractivity contribution in [1.82, 2.24) is 20.5 Å². The highest BCUT2D eigenvalue weighted by Gasteiger charge is 2.26. The van der Waals surface area contributed by atoms with Crippen molar-refractivity contribution in [2.45, 2.75) is 12.5 Å². The van der Waals surface area contributed by atoms with Crippen molar-refractivity contribution in [3.05, 3.63) is 0 Å². The van der Waals surface area contributed by atoms with Gasteiger partial charge in [0.25, 0.3) is 0 Å². The fourth-order valence-electron chi connectivity index (χ4n) is 1.99. The lowest BCUT2D eigenvalue weighted by Gasteiger charge is -2.19. The number of anilines is 2. The highest BCUT2D eigenvalue weighted by molar-refractivity contribution is 7.18. The minimum Gasteiger partial charge on any atom is -0.374 e. The van der Waals surface area contributed by atoms with Crippen LogP contribution in [0, 0.1) is 0 Å². The van der Waals surface area contributed by atoms with Crippen LogP contribution < -0.4 is 16.5 Å². The maximum Gasteiger partial charge on any atom is 0.242 e. The zero-order valence-corrected chi connectivity index (χ0v) is 10.5. The second-order valence-electron chi connectivity index (χ2n) is 4.11. The largest absolute Gasteiger partial charge is 0.374 e. The van der Waals surface area contributed by atoms with Crippen LogP contribution in [0.4, 0.5) is 10.3 Å². The van der Waals surface area contributed by atoms with Gasteiger partial charge in [0.05, 0.1) is 6.54 Å². The third-order valence-electron chi connectivity index (χ3n) is 2.81. The molecule has 1 saturated heterocycles. The van der Waals surface area contributed by atoms with Gasteiger partial charge in [0, 0.05) is 25.3 Å². The van der Waals surface area contributed by atoms with Crippen LogP contribution in [0.3, 0.4) is 0 Å².